The Balaban J connectivity index is 0. The molecule has 0 aromatic heterocycles. The van der Waals surface area contributed by atoms with Crippen molar-refractivity contribution < 1.29 is 39.3 Å². The monoisotopic (exact) mass is 191 g/mol. The minimum absolute atomic E-state index is 0. The number of carboxylic acid groups (broad SMARTS) is 2. The number of hydrogen-bond donors (Lipinski definition) is 0. The summed E-state index contributed by atoms with van der Waals surface area (Å²) in [6.07, 6.45) is 0. The summed E-state index contributed by atoms with van der Waals surface area (Å²) in [5, 5.41) is 17.9. The van der Waals surface area contributed by atoms with E-state index in [1.165, 1.54) is 0 Å². The van der Waals surface area contributed by atoms with Crippen LogP contribution in [0, 0.1) is 0 Å². The third-order valence-corrected chi connectivity index (χ3v) is 0.167. The molecular formula is C2O4Rh. The van der Waals surface area contributed by atoms with Crippen LogP contribution in [0.25, 0.3) is 0 Å². The molecule has 0 fully saturated rings. The Morgan fingerprint density at radius 3 is 1.14 bits per heavy atom. The fourth-order valence-electron chi connectivity index (χ4n) is 0. The van der Waals surface area contributed by atoms with Gasteiger partial charge in [0, 0.05) is 0 Å². The van der Waals surface area contributed by atoms with E-state index in [9.17, 15) is 0 Å². The molecular weight excluding hydrogens is 191 g/mol. The molecule has 0 aliphatic carbocycles. The Bertz CT molecular complexity index is 75.7. The Hall–Kier alpha value is -0.437. The topological polar surface area (TPSA) is 80.3 Å². The molecule has 0 aromatic carbocycles. The summed E-state index contributed by atoms with van der Waals surface area (Å²) in [7, 11) is 0. The number of rotatable bonds is 0. The summed E-state index contributed by atoms with van der Waals surface area (Å²) in [5.74, 6) is -4.37. The van der Waals surface area contributed by atoms with Crippen molar-refractivity contribution in [2.75, 3.05) is 0 Å². The Kier molecular flexibility index (Phi) is 5.22. The average molecular weight is 191 g/mol. The average Bonchev–Trinajstić information content (AvgIpc) is 1.36. The molecule has 0 spiro atoms. The third-order valence-electron chi connectivity index (χ3n) is 0.167. The van der Waals surface area contributed by atoms with E-state index in [1.54, 1.807) is 0 Å². The van der Waals surface area contributed by atoms with Gasteiger partial charge in [-0.25, -0.2) is 0 Å². The van der Waals surface area contributed by atoms with Crippen LogP contribution in [0.3, 0.4) is 0 Å². The minimum Gasteiger partial charge on any atom is -0.543 e. The molecule has 7 heavy (non-hydrogen) atoms. The number of aliphatic carboxylic acids is 2. The van der Waals surface area contributed by atoms with Crippen LogP contribution in [0.4, 0.5) is 0 Å². The normalized spacial score (nSPS) is 6.29. The van der Waals surface area contributed by atoms with Gasteiger partial charge >= 0.3 is 19.5 Å². The number of carbonyl (C=O) groups is 2. The molecule has 0 bridgehead atoms. The van der Waals surface area contributed by atoms with Gasteiger partial charge in [-0.3, -0.25) is 0 Å². The molecule has 0 saturated carbocycles. The van der Waals surface area contributed by atoms with Gasteiger partial charge in [0.25, 0.3) is 0 Å². The molecule has 5 heteroatoms. The van der Waals surface area contributed by atoms with Crippen molar-refractivity contribution in [2.45, 2.75) is 0 Å². The van der Waals surface area contributed by atoms with E-state index in [2.05, 4.69) is 0 Å². The van der Waals surface area contributed by atoms with Crippen LogP contribution in [0.2, 0.25) is 0 Å². The van der Waals surface area contributed by atoms with Gasteiger partial charge in [0.1, 0.15) is 0 Å². The van der Waals surface area contributed by atoms with Crippen molar-refractivity contribution in [3.8, 4) is 0 Å². The fourth-order valence-corrected chi connectivity index (χ4v) is 0. The van der Waals surface area contributed by atoms with Gasteiger partial charge < -0.3 is 19.8 Å². The molecule has 0 heterocycles. The standard InChI is InChI=1S/C2H2O4.Rh/c3-1(4)2(5)6;/h(H,3,4)(H,5,6);/q;+2/p-2. The zero-order chi connectivity index (χ0) is 5.15. The van der Waals surface area contributed by atoms with Gasteiger partial charge in [-0.2, -0.15) is 0 Å². The maximum atomic E-state index is 8.93. The van der Waals surface area contributed by atoms with Gasteiger partial charge in [0.2, 0.25) is 0 Å². The van der Waals surface area contributed by atoms with Crippen LogP contribution in [0.1, 0.15) is 0 Å². The van der Waals surface area contributed by atoms with Crippen LogP contribution in [-0.2, 0) is 29.1 Å². The van der Waals surface area contributed by atoms with Gasteiger partial charge in [-0.05, 0) is 0 Å². The van der Waals surface area contributed by atoms with E-state index in [4.69, 9.17) is 19.8 Å². The third kappa shape index (κ3) is 5.56. The van der Waals surface area contributed by atoms with E-state index in [-0.39, 0.29) is 19.5 Å². The first-order valence-electron chi connectivity index (χ1n) is 1.07. The number of hydrogen-bond acceptors (Lipinski definition) is 4. The van der Waals surface area contributed by atoms with E-state index < -0.39 is 11.9 Å². The molecule has 0 aromatic rings. The first kappa shape index (κ1) is 9.76. The largest absolute Gasteiger partial charge is 2.00 e. The first-order valence-corrected chi connectivity index (χ1v) is 1.07. The van der Waals surface area contributed by atoms with E-state index in [1.807, 2.05) is 0 Å². The van der Waals surface area contributed by atoms with Crippen molar-refractivity contribution in [1.82, 2.24) is 0 Å². The van der Waals surface area contributed by atoms with E-state index >= 15 is 0 Å². The van der Waals surface area contributed by atoms with E-state index in [0.717, 1.165) is 0 Å². The van der Waals surface area contributed by atoms with Gasteiger partial charge in [-0.1, -0.05) is 0 Å². The van der Waals surface area contributed by atoms with Crippen LogP contribution in [0.15, 0.2) is 0 Å². The fraction of sp³-hybridized carbons (Fsp3) is 0. The van der Waals surface area contributed by atoms with Gasteiger partial charge in [-0.15, -0.1) is 0 Å². The van der Waals surface area contributed by atoms with E-state index in [0.29, 0.717) is 0 Å². The summed E-state index contributed by atoms with van der Waals surface area (Å²) in [4.78, 5) is 17.9. The molecule has 1 radical (unpaired) electrons. The van der Waals surface area contributed by atoms with Crippen molar-refractivity contribution in [1.29, 1.82) is 0 Å². The second-order valence-corrected chi connectivity index (χ2v) is 0.575. The molecule has 0 unspecified atom stereocenters. The molecule has 0 aliphatic heterocycles. The van der Waals surface area contributed by atoms with Gasteiger partial charge in [0.05, 0.1) is 11.9 Å². The predicted octanol–water partition coefficient (Wildman–Crippen LogP) is -3.52. The zero-order valence-corrected chi connectivity index (χ0v) is 4.61. The molecule has 0 N–H and O–H groups in total. The van der Waals surface area contributed by atoms with Crippen LogP contribution < -0.4 is 10.2 Å². The molecule has 0 atom stereocenters. The van der Waals surface area contributed by atoms with Crippen molar-refractivity contribution in [3.05, 3.63) is 0 Å². The SMILES string of the molecule is O=C([O-])C(=O)[O-].[Rh+2]. The summed E-state index contributed by atoms with van der Waals surface area (Å²) >= 11 is 0. The van der Waals surface area contributed by atoms with Crippen LogP contribution >= 0.6 is 0 Å². The molecule has 0 aliphatic rings. The number of carboxylic acids is 2. The maximum Gasteiger partial charge on any atom is 2.00 e. The summed E-state index contributed by atoms with van der Waals surface area (Å²) < 4.78 is 0. The molecule has 0 saturated heterocycles. The van der Waals surface area contributed by atoms with Crippen molar-refractivity contribution in [3.63, 3.8) is 0 Å². The van der Waals surface area contributed by atoms with Crippen LogP contribution in [-0.4, -0.2) is 11.9 Å². The Morgan fingerprint density at radius 1 is 1.00 bits per heavy atom. The Morgan fingerprint density at radius 2 is 1.14 bits per heavy atom. The summed E-state index contributed by atoms with van der Waals surface area (Å²) in [6.45, 7) is 0. The van der Waals surface area contributed by atoms with Crippen molar-refractivity contribution >= 4 is 11.9 Å². The molecule has 4 nitrogen and oxygen atoms in total. The van der Waals surface area contributed by atoms with Crippen LogP contribution in [0.5, 0.6) is 0 Å². The molecule has 41 valence electrons. The smallest absolute Gasteiger partial charge is 0.543 e. The minimum atomic E-state index is -2.19. The van der Waals surface area contributed by atoms with Crippen molar-refractivity contribution in [2.24, 2.45) is 0 Å². The molecule has 0 rings (SSSR count). The molecule has 0 amide bonds. The quantitative estimate of drug-likeness (QED) is 0.293. The second kappa shape index (κ2) is 3.74. The second-order valence-electron chi connectivity index (χ2n) is 0.575. The first-order chi connectivity index (χ1) is 2.64. The predicted molar refractivity (Wildman–Crippen MR) is 10.0 cm³/mol. The summed E-state index contributed by atoms with van der Waals surface area (Å²) in [5.41, 5.74) is 0. The maximum absolute atomic E-state index is 8.93. The zero-order valence-electron chi connectivity index (χ0n) is 2.97. The Labute approximate surface area is 51.9 Å². The summed E-state index contributed by atoms with van der Waals surface area (Å²) in [6, 6.07) is 0. The van der Waals surface area contributed by atoms with Gasteiger partial charge in [0.15, 0.2) is 0 Å². The number of carbonyl (C=O) groups excluding carboxylic acids is 2.